The number of aromatic amines is 1. The van der Waals surface area contributed by atoms with Crippen LogP contribution in [0.25, 0.3) is 0 Å². The van der Waals surface area contributed by atoms with Gasteiger partial charge in [-0.1, -0.05) is 23.9 Å². The van der Waals surface area contributed by atoms with Gasteiger partial charge in [-0.05, 0) is 29.8 Å². The fourth-order valence-electron chi connectivity index (χ4n) is 1.88. The maximum atomic E-state index is 5.28. The minimum absolute atomic E-state index is 0.696. The molecule has 0 saturated heterocycles. The quantitative estimate of drug-likeness (QED) is 0.708. The number of thioether (sulfide) groups is 1. The molecule has 0 aliphatic heterocycles. The Labute approximate surface area is 126 Å². The van der Waals surface area contributed by atoms with Crippen LogP contribution in [0.5, 0.6) is 5.75 Å². The van der Waals surface area contributed by atoms with Crippen molar-refractivity contribution in [2.45, 2.75) is 17.3 Å². The minimum Gasteiger partial charge on any atom is -0.497 e. The van der Waals surface area contributed by atoms with Crippen LogP contribution in [-0.4, -0.2) is 22.3 Å². The third kappa shape index (κ3) is 3.66. The Morgan fingerprint density at radius 3 is 2.81 bits per heavy atom. The van der Waals surface area contributed by atoms with E-state index in [1.54, 1.807) is 25.1 Å². The average Bonchev–Trinajstić information content (AvgIpc) is 3.17. The van der Waals surface area contributed by atoms with E-state index in [4.69, 9.17) is 9.15 Å². The molecule has 3 aromatic rings. The van der Waals surface area contributed by atoms with Gasteiger partial charge < -0.3 is 9.15 Å². The predicted molar refractivity (Wildman–Crippen MR) is 80.5 cm³/mol. The first kappa shape index (κ1) is 13.8. The Morgan fingerprint density at radius 2 is 2.10 bits per heavy atom. The van der Waals surface area contributed by atoms with Gasteiger partial charge in [0.2, 0.25) is 0 Å². The zero-order valence-electron chi connectivity index (χ0n) is 11.6. The van der Waals surface area contributed by atoms with Crippen molar-refractivity contribution in [2.24, 2.45) is 0 Å². The smallest absolute Gasteiger partial charge is 0.184 e. The lowest BCUT2D eigenvalue weighted by molar-refractivity contribution is 0.414. The summed E-state index contributed by atoms with van der Waals surface area (Å²) >= 11 is 1.57. The van der Waals surface area contributed by atoms with Gasteiger partial charge in [0, 0.05) is 6.42 Å². The van der Waals surface area contributed by atoms with Crippen molar-refractivity contribution in [3.63, 3.8) is 0 Å². The first-order valence-electron chi connectivity index (χ1n) is 6.53. The van der Waals surface area contributed by atoms with Gasteiger partial charge in [-0.25, -0.2) is 4.98 Å². The summed E-state index contributed by atoms with van der Waals surface area (Å²) in [6.07, 6.45) is 2.37. The number of rotatable bonds is 6. The number of methoxy groups -OCH3 is 1. The number of furan rings is 1. The van der Waals surface area contributed by atoms with Gasteiger partial charge in [0.1, 0.15) is 11.5 Å². The number of nitrogens with zero attached hydrogens (tertiary/aromatic N) is 2. The van der Waals surface area contributed by atoms with Gasteiger partial charge in [-0.2, -0.15) is 5.10 Å². The van der Waals surface area contributed by atoms with Gasteiger partial charge in [-0.3, -0.25) is 5.10 Å². The van der Waals surface area contributed by atoms with E-state index in [2.05, 4.69) is 15.2 Å². The molecule has 5 nitrogen and oxygen atoms in total. The molecule has 2 heterocycles. The normalized spacial score (nSPS) is 10.7. The first-order valence-corrected chi connectivity index (χ1v) is 7.51. The van der Waals surface area contributed by atoms with Crippen molar-refractivity contribution in [1.82, 2.24) is 15.2 Å². The Hall–Kier alpha value is -2.21. The minimum atomic E-state index is 0.696. The van der Waals surface area contributed by atoms with Crippen molar-refractivity contribution >= 4 is 11.8 Å². The van der Waals surface area contributed by atoms with Crippen LogP contribution < -0.4 is 4.74 Å². The molecule has 0 fully saturated rings. The second kappa shape index (κ2) is 6.49. The maximum Gasteiger partial charge on any atom is 0.184 e. The molecule has 0 unspecified atom stereocenters. The van der Waals surface area contributed by atoms with E-state index < -0.39 is 0 Å². The molecule has 0 radical (unpaired) electrons. The van der Waals surface area contributed by atoms with E-state index in [9.17, 15) is 0 Å². The highest BCUT2D eigenvalue weighted by atomic mass is 32.2. The van der Waals surface area contributed by atoms with Gasteiger partial charge in [0.05, 0.1) is 19.1 Å². The Kier molecular flexibility index (Phi) is 4.25. The zero-order chi connectivity index (χ0) is 14.5. The molecule has 1 N–H and O–H groups in total. The van der Waals surface area contributed by atoms with E-state index in [1.807, 2.05) is 36.4 Å². The molecular weight excluding hydrogens is 286 g/mol. The second-order valence-electron chi connectivity index (χ2n) is 4.45. The summed E-state index contributed by atoms with van der Waals surface area (Å²) in [4.78, 5) is 4.47. The van der Waals surface area contributed by atoms with Gasteiger partial charge >= 0.3 is 0 Å². The zero-order valence-corrected chi connectivity index (χ0v) is 12.4. The highest BCUT2D eigenvalue weighted by Crippen LogP contribution is 2.20. The molecule has 0 amide bonds. The molecule has 0 saturated carbocycles. The van der Waals surface area contributed by atoms with Crippen molar-refractivity contribution in [3.05, 3.63) is 59.8 Å². The van der Waals surface area contributed by atoms with Crippen LogP contribution in [0.1, 0.15) is 17.1 Å². The molecule has 1 aromatic carbocycles. The van der Waals surface area contributed by atoms with E-state index in [0.717, 1.165) is 33.8 Å². The number of hydrogen-bond donors (Lipinski definition) is 1. The molecule has 0 bridgehead atoms. The summed E-state index contributed by atoms with van der Waals surface area (Å²) in [5.74, 6) is 3.29. The summed E-state index contributed by atoms with van der Waals surface area (Å²) in [7, 11) is 1.66. The molecule has 108 valence electrons. The maximum absolute atomic E-state index is 5.28. The predicted octanol–water partition coefficient (Wildman–Crippen LogP) is 3.29. The fraction of sp³-hybridized carbons (Fsp3) is 0.200. The molecule has 2 aromatic heterocycles. The number of H-pyrrole nitrogens is 1. The molecule has 21 heavy (non-hydrogen) atoms. The van der Waals surface area contributed by atoms with E-state index >= 15 is 0 Å². The molecule has 0 atom stereocenters. The Balaban J connectivity index is 1.59. The summed E-state index contributed by atoms with van der Waals surface area (Å²) in [5, 5.41) is 7.98. The first-order chi connectivity index (χ1) is 10.3. The lowest BCUT2D eigenvalue weighted by Crippen LogP contribution is -1.91. The number of aromatic nitrogens is 3. The third-order valence-electron chi connectivity index (χ3n) is 2.96. The van der Waals surface area contributed by atoms with Crippen molar-refractivity contribution in [3.8, 4) is 5.75 Å². The standard InChI is InChI=1S/C15H15N3O2S/c1-19-12-6-4-11(5-7-12)9-14-16-15(18-17-14)21-10-13-3-2-8-20-13/h2-8H,9-10H2,1H3,(H,16,17,18). The van der Waals surface area contributed by atoms with Gasteiger partial charge in [0.15, 0.2) is 11.0 Å². The van der Waals surface area contributed by atoms with Crippen molar-refractivity contribution in [2.75, 3.05) is 7.11 Å². The molecule has 3 rings (SSSR count). The van der Waals surface area contributed by atoms with Crippen LogP contribution in [0.2, 0.25) is 0 Å². The lowest BCUT2D eigenvalue weighted by Gasteiger charge is -2.00. The van der Waals surface area contributed by atoms with Crippen LogP contribution in [-0.2, 0) is 12.2 Å². The topological polar surface area (TPSA) is 63.9 Å². The van der Waals surface area contributed by atoms with Crippen LogP contribution in [0.15, 0.2) is 52.2 Å². The second-order valence-corrected chi connectivity index (χ2v) is 5.41. The third-order valence-corrected chi connectivity index (χ3v) is 3.85. The number of benzene rings is 1. The fourth-order valence-corrected chi connectivity index (χ4v) is 2.61. The number of hydrogen-bond acceptors (Lipinski definition) is 5. The largest absolute Gasteiger partial charge is 0.497 e. The summed E-state index contributed by atoms with van der Waals surface area (Å²) in [6, 6.07) is 11.7. The molecule has 0 spiro atoms. The van der Waals surface area contributed by atoms with E-state index in [0.29, 0.717) is 6.42 Å². The van der Waals surface area contributed by atoms with E-state index in [-0.39, 0.29) is 0 Å². The Bertz CT molecular complexity index is 677. The van der Waals surface area contributed by atoms with Crippen molar-refractivity contribution in [1.29, 1.82) is 0 Å². The molecule has 6 heteroatoms. The van der Waals surface area contributed by atoms with Crippen LogP contribution >= 0.6 is 11.8 Å². The van der Waals surface area contributed by atoms with Crippen LogP contribution in [0.4, 0.5) is 0 Å². The van der Waals surface area contributed by atoms with Crippen LogP contribution in [0, 0.1) is 0 Å². The summed E-state index contributed by atoms with van der Waals surface area (Å²) in [6.45, 7) is 0. The highest BCUT2D eigenvalue weighted by Gasteiger charge is 2.06. The van der Waals surface area contributed by atoms with Crippen LogP contribution in [0.3, 0.4) is 0 Å². The monoisotopic (exact) mass is 301 g/mol. The summed E-state index contributed by atoms with van der Waals surface area (Å²) in [5.41, 5.74) is 1.15. The highest BCUT2D eigenvalue weighted by molar-refractivity contribution is 7.98. The van der Waals surface area contributed by atoms with Crippen molar-refractivity contribution < 1.29 is 9.15 Å². The Morgan fingerprint density at radius 1 is 1.24 bits per heavy atom. The SMILES string of the molecule is COc1ccc(Cc2n[nH]c(SCc3ccco3)n2)cc1. The van der Waals surface area contributed by atoms with E-state index in [1.165, 1.54) is 0 Å². The van der Waals surface area contributed by atoms with Gasteiger partial charge in [0.25, 0.3) is 0 Å². The number of ether oxygens (including phenoxy) is 1. The van der Waals surface area contributed by atoms with Gasteiger partial charge in [-0.15, -0.1) is 0 Å². The summed E-state index contributed by atoms with van der Waals surface area (Å²) < 4.78 is 10.4. The molecule has 0 aliphatic rings. The molecule has 0 aliphatic carbocycles. The molecular formula is C15H15N3O2S. The lowest BCUT2D eigenvalue weighted by atomic mass is 10.1. The number of nitrogens with one attached hydrogen (secondary N) is 1. The average molecular weight is 301 g/mol.